The molecule has 1 rings (SSSR count). The van der Waals surface area contributed by atoms with E-state index in [0.717, 1.165) is 4.90 Å². The molecule has 11 nitrogen and oxygen atoms in total. The predicted octanol–water partition coefficient (Wildman–Crippen LogP) is 2.41. The van der Waals surface area contributed by atoms with E-state index in [2.05, 4.69) is 10.6 Å². The summed E-state index contributed by atoms with van der Waals surface area (Å²) in [6.07, 6.45) is 3.60. The molecular formula is C30H50N4O7. The third-order valence-corrected chi connectivity index (χ3v) is 6.68. The van der Waals surface area contributed by atoms with Crippen molar-refractivity contribution in [3.63, 3.8) is 0 Å². The number of amides is 4. The van der Waals surface area contributed by atoms with Crippen molar-refractivity contribution in [1.82, 2.24) is 20.4 Å². The lowest BCUT2D eigenvalue weighted by Crippen LogP contribution is -2.53. The zero-order valence-electron chi connectivity index (χ0n) is 26.5. The van der Waals surface area contributed by atoms with Crippen LogP contribution in [-0.4, -0.2) is 90.9 Å². The summed E-state index contributed by atoms with van der Waals surface area (Å²) in [4.78, 5) is 67.2. The Hall–Kier alpha value is -3.21. The molecule has 1 aliphatic heterocycles. The van der Waals surface area contributed by atoms with Crippen LogP contribution in [0.25, 0.3) is 0 Å². The van der Waals surface area contributed by atoms with Crippen molar-refractivity contribution in [2.75, 3.05) is 21.2 Å². The molecule has 1 heterocycles. The molecule has 0 bridgehead atoms. The summed E-state index contributed by atoms with van der Waals surface area (Å²) in [5.74, 6) is -1.94. The molecule has 0 saturated carbocycles. The Kier molecular flexibility index (Phi) is 14.2. The van der Waals surface area contributed by atoms with Gasteiger partial charge in [0.2, 0.25) is 5.91 Å². The number of ether oxygens (including phenoxy) is 2. The standard InChI is InChI=1S/C30H50N4O7/c1-17(2)14-22(32-29(38)24(15-18(3)4)41-30(39)27(19(5)6)33(9)10)28(37)31-20(7)12-13-25(35)34-21(8)23(40-11)16-26(34)36/h12-13,16-22,24,27H,14-15H2,1-11H3,(H,31,37)(H,32,38). The van der Waals surface area contributed by atoms with Gasteiger partial charge in [0, 0.05) is 18.2 Å². The summed E-state index contributed by atoms with van der Waals surface area (Å²) >= 11 is 0. The number of nitrogens with one attached hydrogen (secondary N) is 2. The molecule has 4 amide bonds. The monoisotopic (exact) mass is 578 g/mol. The molecule has 1 aliphatic rings. The first-order chi connectivity index (χ1) is 19.0. The summed E-state index contributed by atoms with van der Waals surface area (Å²) < 4.78 is 10.8. The van der Waals surface area contributed by atoms with Gasteiger partial charge < -0.3 is 20.1 Å². The molecule has 0 aromatic rings. The van der Waals surface area contributed by atoms with Crippen molar-refractivity contribution in [1.29, 1.82) is 0 Å². The van der Waals surface area contributed by atoms with Gasteiger partial charge in [-0.3, -0.25) is 33.8 Å². The lowest BCUT2D eigenvalue weighted by atomic mass is 10.0. The number of likely N-dealkylation sites (N-methyl/N-ethyl adjacent to an activating group) is 1. The van der Waals surface area contributed by atoms with Gasteiger partial charge in [0.25, 0.3) is 17.7 Å². The maximum absolute atomic E-state index is 13.3. The molecule has 0 fully saturated rings. The van der Waals surface area contributed by atoms with Gasteiger partial charge in [-0.2, -0.15) is 0 Å². The van der Waals surface area contributed by atoms with E-state index in [1.165, 1.54) is 25.3 Å². The quantitative estimate of drug-likeness (QED) is 0.224. The number of carbonyl (C=O) groups excluding carboxylic acids is 5. The summed E-state index contributed by atoms with van der Waals surface area (Å²) in [6, 6.07) is -2.50. The molecule has 0 aliphatic carbocycles. The average Bonchev–Trinajstić information content (AvgIpc) is 3.13. The number of imide groups is 1. The number of hydrogen-bond acceptors (Lipinski definition) is 8. The van der Waals surface area contributed by atoms with Gasteiger partial charge in [0.1, 0.15) is 17.8 Å². The predicted molar refractivity (Wildman–Crippen MR) is 156 cm³/mol. The van der Waals surface area contributed by atoms with E-state index < -0.39 is 59.9 Å². The van der Waals surface area contributed by atoms with E-state index in [1.807, 2.05) is 41.5 Å². The fourth-order valence-corrected chi connectivity index (χ4v) is 4.73. The first-order valence-electron chi connectivity index (χ1n) is 14.3. The van der Waals surface area contributed by atoms with Crippen LogP contribution in [0.3, 0.4) is 0 Å². The van der Waals surface area contributed by atoms with Crippen LogP contribution in [0, 0.1) is 17.8 Å². The number of esters is 1. The van der Waals surface area contributed by atoms with E-state index in [0.29, 0.717) is 18.6 Å². The highest BCUT2D eigenvalue weighted by atomic mass is 16.5. The Labute approximate surface area is 245 Å². The molecule has 0 aromatic carbocycles. The van der Waals surface area contributed by atoms with Crippen molar-refractivity contribution >= 4 is 29.6 Å². The number of nitrogens with zero attached hydrogens (tertiary/aromatic N) is 2. The lowest BCUT2D eigenvalue weighted by Gasteiger charge is -2.29. The Bertz CT molecular complexity index is 995. The fourth-order valence-electron chi connectivity index (χ4n) is 4.73. The third-order valence-electron chi connectivity index (χ3n) is 6.68. The second-order valence-electron chi connectivity index (χ2n) is 12.0. The van der Waals surface area contributed by atoms with Crippen LogP contribution in [0.5, 0.6) is 0 Å². The van der Waals surface area contributed by atoms with Gasteiger partial charge in [-0.1, -0.05) is 47.6 Å². The average molecular weight is 579 g/mol. The van der Waals surface area contributed by atoms with E-state index in [1.54, 1.807) is 32.8 Å². The second kappa shape index (κ2) is 16.3. The normalized spacial score (nSPS) is 18.5. The highest BCUT2D eigenvalue weighted by Gasteiger charge is 2.35. The molecule has 0 saturated heterocycles. The maximum Gasteiger partial charge on any atom is 0.324 e. The van der Waals surface area contributed by atoms with Gasteiger partial charge in [-0.15, -0.1) is 0 Å². The third kappa shape index (κ3) is 10.9. The zero-order chi connectivity index (χ0) is 31.6. The van der Waals surface area contributed by atoms with Crippen LogP contribution >= 0.6 is 0 Å². The Morgan fingerprint density at radius 2 is 1.56 bits per heavy atom. The molecule has 0 spiro atoms. The smallest absolute Gasteiger partial charge is 0.324 e. The van der Waals surface area contributed by atoms with Crippen LogP contribution in [0.2, 0.25) is 0 Å². The van der Waals surface area contributed by atoms with Crippen LogP contribution in [0.1, 0.15) is 68.2 Å². The number of carbonyl (C=O) groups is 5. The Balaban J connectivity index is 2.97. The van der Waals surface area contributed by atoms with E-state index in [-0.39, 0.29) is 17.8 Å². The highest BCUT2D eigenvalue weighted by molar-refractivity contribution is 6.07. The minimum absolute atomic E-state index is 0.0220. The lowest BCUT2D eigenvalue weighted by molar-refractivity contribution is -0.163. The second-order valence-corrected chi connectivity index (χ2v) is 12.0. The first-order valence-corrected chi connectivity index (χ1v) is 14.3. The molecule has 232 valence electrons. The molecule has 11 heteroatoms. The summed E-state index contributed by atoms with van der Waals surface area (Å²) in [6.45, 7) is 14.9. The molecule has 2 N–H and O–H groups in total. The maximum atomic E-state index is 13.3. The molecule has 0 aromatic heterocycles. The molecule has 5 atom stereocenters. The SMILES string of the molecule is COC1=CC(=O)N(C(=O)C=CC(C)NC(=O)C(CC(C)C)NC(=O)C(CC(C)C)OC(=O)C(C(C)C)N(C)C)C1C. The van der Waals surface area contributed by atoms with Crippen molar-refractivity contribution < 1.29 is 33.4 Å². The Morgan fingerprint density at radius 1 is 0.976 bits per heavy atom. The van der Waals surface area contributed by atoms with Gasteiger partial charge in [-0.25, -0.2) is 0 Å². The minimum Gasteiger partial charge on any atom is -0.499 e. The number of hydrogen-bond donors (Lipinski definition) is 2. The van der Waals surface area contributed by atoms with Gasteiger partial charge in [-0.05, 0) is 58.5 Å². The van der Waals surface area contributed by atoms with Crippen molar-refractivity contribution in [3.8, 4) is 0 Å². The largest absolute Gasteiger partial charge is 0.499 e. The molecule has 0 radical (unpaired) electrons. The molecule has 41 heavy (non-hydrogen) atoms. The van der Waals surface area contributed by atoms with Crippen molar-refractivity contribution in [3.05, 3.63) is 24.0 Å². The summed E-state index contributed by atoms with van der Waals surface area (Å²) in [5.41, 5.74) is 0. The van der Waals surface area contributed by atoms with Crippen molar-refractivity contribution in [2.24, 2.45) is 17.8 Å². The van der Waals surface area contributed by atoms with Crippen LogP contribution in [-0.2, 0) is 33.4 Å². The Morgan fingerprint density at radius 3 is 2.02 bits per heavy atom. The number of methoxy groups -OCH3 is 1. The molecular weight excluding hydrogens is 528 g/mol. The minimum atomic E-state index is -1.05. The topological polar surface area (TPSA) is 134 Å². The summed E-state index contributed by atoms with van der Waals surface area (Å²) in [5, 5.41) is 5.59. The van der Waals surface area contributed by atoms with E-state index in [4.69, 9.17) is 9.47 Å². The van der Waals surface area contributed by atoms with Crippen molar-refractivity contribution in [2.45, 2.75) is 98.5 Å². The van der Waals surface area contributed by atoms with E-state index in [9.17, 15) is 24.0 Å². The molecule has 5 unspecified atom stereocenters. The van der Waals surface area contributed by atoms with Gasteiger partial charge in [0.05, 0.1) is 13.2 Å². The van der Waals surface area contributed by atoms with E-state index >= 15 is 0 Å². The van der Waals surface area contributed by atoms with Crippen LogP contribution in [0.4, 0.5) is 0 Å². The highest BCUT2D eigenvalue weighted by Crippen LogP contribution is 2.20. The summed E-state index contributed by atoms with van der Waals surface area (Å²) in [7, 11) is 5.00. The van der Waals surface area contributed by atoms with Gasteiger partial charge >= 0.3 is 5.97 Å². The van der Waals surface area contributed by atoms with Crippen LogP contribution < -0.4 is 10.6 Å². The first kappa shape index (κ1) is 35.8. The zero-order valence-corrected chi connectivity index (χ0v) is 26.5. The van der Waals surface area contributed by atoms with Crippen LogP contribution in [0.15, 0.2) is 24.0 Å². The van der Waals surface area contributed by atoms with Gasteiger partial charge in [0.15, 0.2) is 6.10 Å². The number of rotatable bonds is 15. The fraction of sp³-hybridized carbons (Fsp3) is 0.700.